The van der Waals surface area contributed by atoms with Gasteiger partial charge in [0.15, 0.2) is 18.3 Å². The van der Waals surface area contributed by atoms with Gasteiger partial charge in [-0.3, -0.25) is 0 Å². The molecular formula is C20H29BrN2. The molecule has 0 amide bonds. The van der Waals surface area contributed by atoms with Gasteiger partial charge in [-0.15, -0.1) is 0 Å². The van der Waals surface area contributed by atoms with Crippen LogP contribution in [0.5, 0.6) is 0 Å². The van der Waals surface area contributed by atoms with Crippen LogP contribution in [0, 0.1) is 0 Å². The van der Waals surface area contributed by atoms with Crippen LogP contribution in [0.4, 0.5) is 0 Å². The molecule has 0 radical (unpaired) electrons. The molecule has 2 nitrogen and oxygen atoms in total. The maximum Gasteiger partial charge on any atom is 0.168 e. The van der Waals surface area contributed by atoms with Crippen molar-refractivity contribution in [1.29, 1.82) is 0 Å². The number of hydrogen-bond acceptors (Lipinski definition) is 1. The molecule has 0 aromatic heterocycles. The third-order valence-electron chi connectivity index (χ3n) is 5.05. The molecule has 0 spiro atoms. The highest BCUT2D eigenvalue weighted by Gasteiger charge is 2.35. The van der Waals surface area contributed by atoms with E-state index in [1.54, 1.807) is 0 Å². The van der Waals surface area contributed by atoms with Gasteiger partial charge in [-0.1, -0.05) is 43.2 Å². The van der Waals surface area contributed by atoms with Gasteiger partial charge in [-0.25, -0.2) is 4.58 Å². The molecule has 0 aliphatic carbocycles. The van der Waals surface area contributed by atoms with Gasteiger partial charge >= 0.3 is 0 Å². The maximum atomic E-state index is 2.63. The van der Waals surface area contributed by atoms with Crippen LogP contribution in [0.3, 0.4) is 0 Å². The zero-order valence-electron chi connectivity index (χ0n) is 14.5. The first-order valence-electron chi connectivity index (χ1n) is 8.75. The monoisotopic (exact) mass is 376 g/mol. The Balaban J connectivity index is 0.00000192. The fourth-order valence-corrected chi connectivity index (χ4v) is 3.60. The minimum absolute atomic E-state index is 0. The Labute approximate surface area is 151 Å². The van der Waals surface area contributed by atoms with E-state index in [-0.39, 0.29) is 22.5 Å². The number of halogens is 1. The molecule has 1 aromatic carbocycles. The lowest BCUT2D eigenvalue weighted by Gasteiger charge is -2.33. The fourth-order valence-electron chi connectivity index (χ4n) is 3.60. The summed E-state index contributed by atoms with van der Waals surface area (Å²) < 4.78 is 2.49. The van der Waals surface area contributed by atoms with Crippen molar-refractivity contribution in [2.24, 2.45) is 0 Å². The first-order chi connectivity index (χ1) is 10.6. The molecule has 0 saturated carbocycles. The smallest absolute Gasteiger partial charge is 0.168 e. The first-order valence-corrected chi connectivity index (χ1v) is 8.75. The van der Waals surface area contributed by atoms with E-state index in [9.17, 15) is 0 Å². The largest absolute Gasteiger partial charge is 1.00 e. The highest BCUT2D eigenvalue weighted by molar-refractivity contribution is 5.68. The highest BCUT2D eigenvalue weighted by Crippen LogP contribution is 2.28. The molecule has 126 valence electrons. The number of likely N-dealkylation sites (tertiary alicyclic amines) is 1. The standard InChI is InChI=1S/C20H29N2.BrH/c1-20(2)16-19(21-13-8-3-4-9-14-21)12-15-22(20)17-18-10-6-5-7-11-18;/h5-7,10-12,15H,3-4,8-9,13-14,16-17H2,1-2H3;1H/q+1;/p-1. The van der Waals surface area contributed by atoms with Crippen LogP contribution in [0.1, 0.15) is 51.5 Å². The zero-order valence-corrected chi connectivity index (χ0v) is 16.1. The van der Waals surface area contributed by atoms with Gasteiger partial charge in [-0.05, 0) is 12.8 Å². The Morgan fingerprint density at radius 2 is 1.65 bits per heavy atom. The molecule has 23 heavy (non-hydrogen) atoms. The van der Waals surface area contributed by atoms with E-state index in [0.717, 1.165) is 13.0 Å². The molecule has 2 aliphatic heterocycles. The molecule has 0 unspecified atom stereocenters. The van der Waals surface area contributed by atoms with E-state index in [4.69, 9.17) is 0 Å². The van der Waals surface area contributed by atoms with Gasteiger partial charge in [0.25, 0.3) is 0 Å². The Hall–Kier alpha value is -1.09. The van der Waals surface area contributed by atoms with Crippen LogP contribution < -0.4 is 17.0 Å². The van der Waals surface area contributed by atoms with E-state index >= 15 is 0 Å². The average molecular weight is 377 g/mol. The van der Waals surface area contributed by atoms with E-state index in [0.29, 0.717) is 0 Å². The summed E-state index contributed by atoms with van der Waals surface area (Å²) in [6.45, 7) is 8.23. The summed E-state index contributed by atoms with van der Waals surface area (Å²) >= 11 is 0. The van der Waals surface area contributed by atoms with Gasteiger partial charge < -0.3 is 21.9 Å². The minimum Gasteiger partial charge on any atom is -1.00 e. The average Bonchev–Trinajstić information content (AvgIpc) is 2.79. The molecule has 3 rings (SSSR count). The fraction of sp³-hybridized carbons (Fsp3) is 0.550. The van der Waals surface area contributed by atoms with E-state index in [2.05, 4.69) is 65.9 Å². The van der Waals surface area contributed by atoms with Crippen LogP contribution >= 0.6 is 0 Å². The third-order valence-corrected chi connectivity index (χ3v) is 5.05. The summed E-state index contributed by atoms with van der Waals surface area (Å²) in [5, 5.41) is 0. The van der Waals surface area contributed by atoms with Crippen molar-refractivity contribution in [3.63, 3.8) is 0 Å². The van der Waals surface area contributed by atoms with Crippen LogP contribution in [-0.4, -0.2) is 34.3 Å². The van der Waals surface area contributed by atoms with Crippen molar-refractivity contribution in [1.82, 2.24) is 4.90 Å². The Morgan fingerprint density at radius 3 is 2.26 bits per heavy atom. The summed E-state index contributed by atoms with van der Waals surface area (Å²) in [6, 6.07) is 10.8. The Bertz CT molecular complexity index is 552. The summed E-state index contributed by atoms with van der Waals surface area (Å²) in [7, 11) is 0. The zero-order chi connectivity index (χ0) is 15.4. The number of rotatable bonds is 3. The van der Waals surface area contributed by atoms with Gasteiger partial charge in [0.05, 0.1) is 6.42 Å². The van der Waals surface area contributed by atoms with Gasteiger partial charge in [-0.2, -0.15) is 0 Å². The molecule has 2 heterocycles. The molecule has 1 aromatic rings. The second kappa shape index (κ2) is 8.14. The van der Waals surface area contributed by atoms with Crippen LogP contribution in [0.2, 0.25) is 0 Å². The number of nitrogens with zero attached hydrogens (tertiary/aromatic N) is 2. The molecule has 1 saturated heterocycles. The lowest BCUT2D eigenvalue weighted by molar-refractivity contribution is -0.612. The minimum atomic E-state index is 0. The Morgan fingerprint density at radius 1 is 1.00 bits per heavy atom. The SMILES string of the molecule is CC1(C)CC(N2CCCCCC2)=CC=[N+]1Cc1ccccc1.[Br-]. The van der Waals surface area contributed by atoms with Crippen molar-refractivity contribution >= 4 is 6.21 Å². The van der Waals surface area contributed by atoms with Crippen molar-refractivity contribution in [3.05, 3.63) is 47.7 Å². The lowest BCUT2D eigenvalue weighted by atomic mass is 9.93. The van der Waals surface area contributed by atoms with Crippen molar-refractivity contribution in [2.75, 3.05) is 13.1 Å². The predicted octanol–water partition coefficient (Wildman–Crippen LogP) is 1.22. The summed E-state index contributed by atoms with van der Waals surface area (Å²) in [6.07, 6.45) is 11.3. The molecule has 1 fully saturated rings. The molecule has 0 bridgehead atoms. The van der Waals surface area contributed by atoms with E-state index in [1.165, 1.54) is 50.0 Å². The van der Waals surface area contributed by atoms with Gasteiger partial charge in [0, 0.05) is 44.3 Å². The van der Waals surface area contributed by atoms with Crippen molar-refractivity contribution in [2.45, 2.75) is 58.0 Å². The van der Waals surface area contributed by atoms with E-state index < -0.39 is 0 Å². The second-order valence-corrected chi connectivity index (χ2v) is 7.31. The quantitative estimate of drug-likeness (QED) is 0.718. The molecule has 2 aliphatic rings. The number of allylic oxidation sites excluding steroid dienone is 1. The third kappa shape index (κ3) is 4.69. The maximum absolute atomic E-state index is 2.63. The first kappa shape index (κ1) is 18.3. The highest BCUT2D eigenvalue weighted by atomic mass is 79.9. The van der Waals surface area contributed by atoms with Crippen LogP contribution in [-0.2, 0) is 6.54 Å². The van der Waals surface area contributed by atoms with Crippen LogP contribution in [0.25, 0.3) is 0 Å². The second-order valence-electron chi connectivity index (χ2n) is 7.31. The summed E-state index contributed by atoms with van der Waals surface area (Å²) in [5.74, 6) is 0. The summed E-state index contributed by atoms with van der Waals surface area (Å²) in [5.41, 5.74) is 3.11. The van der Waals surface area contributed by atoms with Crippen molar-refractivity contribution in [3.8, 4) is 0 Å². The van der Waals surface area contributed by atoms with Gasteiger partial charge in [0.1, 0.15) is 0 Å². The number of benzene rings is 1. The van der Waals surface area contributed by atoms with E-state index in [1.807, 2.05) is 0 Å². The normalized spacial score (nSPS) is 20.9. The lowest BCUT2D eigenvalue weighted by Crippen LogP contribution is -3.00. The van der Waals surface area contributed by atoms with Crippen molar-refractivity contribution < 1.29 is 21.6 Å². The molecule has 3 heteroatoms. The summed E-state index contributed by atoms with van der Waals surface area (Å²) in [4.78, 5) is 2.63. The van der Waals surface area contributed by atoms with Gasteiger partial charge in [0.2, 0.25) is 0 Å². The predicted molar refractivity (Wildman–Crippen MR) is 93.3 cm³/mol. The molecular weight excluding hydrogens is 348 g/mol. The molecule has 0 N–H and O–H groups in total. The molecule has 0 atom stereocenters. The van der Waals surface area contributed by atoms with Crippen LogP contribution in [0.15, 0.2) is 42.1 Å². The number of hydrogen-bond donors (Lipinski definition) is 0. The Kier molecular flexibility index (Phi) is 6.46. The topological polar surface area (TPSA) is 6.25 Å².